The van der Waals surface area contributed by atoms with Gasteiger partial charge in [-0.3, -0.25) is 71.9 Å². The molecule has 32 nitrogen and oxygen atoms in total. The Morgan fingerprint density at radius 3 is 1.02 bits per heavy atom. The molecular weight excluding hydrogens is 1210 g/mol. The number of carboxylic acid groups (broad SMARTS) is 4. The van der Waals surface area contributed by atoms with Gasteiger partial charge >= 0.3 is 23.9 Å². The number of nitrogens with one attached hydrogen (secondary N) is 11. The van der Waals surface area contributed by atoms with Gasteiger partial charge in [0, 0.05) is 38.3 Å². The SMILES string of the molecule is CCCC[C@H](NC(=O)[C@H](CCC(N)=O)NC(=O)[C@H](CCCCN)NC(=O)[C@@H](C)NC(=O)[C@H](CCCC)NC(=O)[C@H](CC(=O)O)NCc1ccccc1)C(=O)N[C@@H](CCC(=O)O)C(=O)N[C@@H](CCC(=O)O)C(=O)N[C@@H](CCC(=O)O)C(=O)N[C@@H](C)C(=O)N[C@H](C)C(C)C. The summed E-state index contributed by atoms with van der Waals surface area (Å²) in [5, 5.41) is 65.9. The smallest absolute Gasteiger partial charge is 0.305 e. The maximum Gasteiger partial charge on any atom is 0.305 e. The van der Waals surface area contributed by atoms with Crippen molar-refractivity contribution in [3.05, 3.63) is 35.9 Å². The minimum absolute atomic E-state index is 0.0128. The van der Waals surface area contributed by atoms with Crippen LogP contribution in [0.25, 0.3) is 0 Å². The van der Waals surface area contributed by atoms with E-state index >= 15 is 0 Å². The molecule has 0 heterocycles. The standard InChI is InChI=1S/C60H97N13O19/c1-8-10-19-38(69-60(92)45(31-50(81)82)63-32-37-17-13-12-14-18-37)53(85)66-36(7)52(84)67-40(21-15-16-30-61)56(88)70-41(22-26-46(62)74)57(89)68-39(20-11-9-2)55(87)72-43(24-28-48(77)78)59(91)73-44(25-29-49(79)80)58(90)71-42(23-27-47(75)76)54(86)65-35(6)51(83)64-34(5)33(3)4/h12-14,17-18,33-36,38-45,63H,8-11,15-16,19-32,61H2,1-7H3,(H2,62,74)(H,64,83)(H,65,86)(H,66,85)(H,67,84)(H,68,89)(H,69,92)(H,70,88)(H,71,90)(H,72,87)(H,73,91)(H,75,76)(H,77,78)(H,79,80)(H,81,82)/t34-,35+,36-,38+,39+,40+,41+,42+,43+,44+,45+/m1/s1. The molecular formula is C60H97N13O19. The molecule has 0 aliphatic rings. The van der Waals surface area contributed by atoms with E-state index in [-0.39, 0.29) is 57.2 Å². The van der Waals surface area contributed by atoms with Gasteiger partial charge in [0.05, 0.1) is 12.5 Å². The van der Waals surface area contributed by atoms with Crippen molar-refractivity contribution in [2.75, 3.05) is 6.54 Å². The van der Waals surface area contributed by atoms with Gasteiger partial charge in [0.25, 0.3) is 0 Å². The monoisotopic (exact) mass is 1300 g/mol. The summed E-state index contributed by atoms with van der Waals surface area (Å²) in [4.78, 5) is 197. The lowest BCUT2D eigenvalue weighted by Crippen LogP contribution is -2.60. The first-order valence-electron chi connectivity index (χ1n) is 31.0. The third-order valence-electron chi connectivity index (χ3n) is 14.7. The summed E-state index contributed by atoms with van der Waals surface area (Å²) in [5.41, 5.74) is 11.9. The van der Waals surface area contributed by atoms with Crippen molar-refractivity contribution in [2.24, 2.45) is 17.4 Å². The van der Waals surface area contributed by atoms with Crippen LogP contribution in [0.5, 0.6) is 0 Å². The van der Waals surface area contributed by atoms with Crippen LogP contribution in [-0.2, 0) is 78.5 Å². The molecule has 19 N–H and O–H groups in total. The van der Waals surface area contributed by atoms with Crippen molar-refractivity contribution in [3.8, 4) is 0 Å². The number of unbranched alkanes of at least 4 members (excludes halogenated alkanes) is 3. The van der Waals surface area contributed by atoms with Gasteiger partial charge in [-0.2, -0.15) is 0 Å². The van der Waals surface area contributed by atoms with E-state index in [1.807, 2.05) is 20.8 Å². The van der Waals surface area contributed by atoms with Gasteiger partial charge in [-0.25, -0.2) is 0 Å². The number of carboxylic acids is 4. The summed E-state index contributed by atoms with van der Waals surface area (Å²) in [6, 6.07) is -6.42. The molecule has 0 saturated heterocycles. The molecule has 92 heavy (non-hydrogen) atoms. The van der Waals surface area contributed by atoms with Crippen LogP contribution in [0.15, 0.2) is 30.3 Å². The lowest BCUT2D eigenvalue weighted by Gasteiger charge is -2.28. The fourth-order valence-electron chi connectivity index (χ4n) is 8.76. The number of benzene rings is 1. The Morgan fingerprint density at radius 1 is 0.380 bits per heavy atom. The normalized spacial score (nSPS) is 14.6. The summed E-state index contributed by atoms with van der Waals surface area (Å²) >= 11 is 0. The summed E-state index contributed by atoms with van der Waals surface area (Å²) < 4.78 is 0. The average molecular weight is 1300 g/mol. The number of carbonyl (C=O) groups is 15. The Labute approximate surface area is 534 Å². The van der Waals surface area contributed by atoms with Crippen LogP contribution in [-0.4, -0.2) is 182 Å². The van der Waals surface area contributed by atoms with Gasteiger partial charge in [0.2, 0.25) is 65.0 Å². The summed E-state index contributed by atoms with van der Waals surface area (Å²) in [6.07, 6.45) is -3.43. The molecule has 1 rings (SSSR count). The van der Waals surface area contributed by atoms with Crippen molar-refractivity contribution in [2.45, 2.75) is 237 Å². The number of nitrogens with two attached hydrogens (primary N) is 2. The Morgan fingerprint density at radius 2 is 0.696 bits per heavy atom. The van der Waals surface area contributed by atoms with Crippen molar-refractivity contribution in [1.29, 1.82) is 0 Å². The molecule has 11 amide bonds. The fraction of sp³-hybridized carbons (Fsp3) is 0.650. The van der Waals surface area contributed by atoms with Crippen molar-refractivity contribution < 1.29 is 92.3 Å². The highest BCUT2D eigenvalue weighted by Gasteiger charge is 2.36. The number of amides is 11. The van der Waals surface area contributed by atoms with Crippen LogP contribution in [0.2, 0.25) is 0 Å². The predicted molar refractivity (Wildman–Crippen MR) is 331 cm³/mol. The number of hydrogen-bond donors (Lipinski definition) is 17. The molecule has 11 atom stereocenters. The maximum atomic E-state index is 14.3. The highest BCUT2D eigenvalue weighted by Crippen LogP contribution is 2.12. The van der Waals surface area contributed by atoms with Crippen LogP contribution in [0.4, 0.5) is 0 Å². The first-order valence-corrected chi connectivity index (χ1v) is 31.0. The van der Waals surface area contributed by atoms with Crippen molar-refractivity contribution in [3.63, 3.8) is 0 Å². The Kier molecular flexibility index (Phi) is 38.7. The third kappa shape index (κ3) is 33.3. The molecule has 516 valence electrons. The van der Waals surface area contributed by atoms with E-state index in [0.29, 0.717) is 25.7 Å². The van der Waals surface area contributed by atoms with Gasteiger partial charge in [0.15, 0.2) is 0 Å². The number of aliphatic carboxylic acids is 4. The zero-order valence-corrected chi connectivity index (χ0v) is 53.5. The fourth-order valence-corrected chi connectivity index (χ4v) is 8.76. The van der Waals surface area contributed by atoms with E-state index in [1.165, 1.54) is 13.8 Å². The first kappa shape index (κ1) is 81.2. The largest absolute Gasteiger partial charge is 0.481 e. The molecule has 0 aliphatic heterocycles. The van der Waals surface area contributed by atoms with E-state index in [9.17, 15) is 92.3 Å². The summed E-state index contributed by atoms with van der Waals surface area (Å²) in [7, 11) is 0. The second-order valence-electron chi connectivity index (χ2n) is 22.8. The van der Waals surface area contributed by atoms with Gasteiger partial charge in [-0.1, -0.05) is 83.7 Å². The zero-order chi connectivity index (χ0) is 69.6. The summed E-state index contributed by atoms with van der Waals surface area (Å²) in [6.45, 7) is 11.9. The van der Waals surface area contributed by atoms with E-state index < -0.39 is 207 Å². The van der Waals surface area contributed by atoms with E-state index in [2.05, 4.69) is 58.5 Å². The minimum Gasteiger partial charge on any atom is -0.481 e. The number of rotatable bonds is 48. The molecule has 32 heteroatoms. The van der Waals surface area contributed by atoms with E-state index in [4.69, 9.17) is 11.5 Å². The van der Waals surface area contributed by atoms with Crippen LogP contribution in [0.1, 0.15) is 170 Å². The molecule has 1 aromatic carbocycles. The molecule has 0 bridgehead atoms. The van der Waals surface area contributed by atoms with Gasteiger partial charge < -0.3 is 90.4 Å². The Hall–Kier alpha value is -8.81. The van der Waals surface area contributed by atoms with Gasteiger partial charge in [-0.05, 0) is 96.6 Å². The molecule has 0 saturated carbocycles. The minimum atomic E-state index is -1.83. The predicted octanol–water partition coefficient (Wildman–Crippen LogP) is -1.45. The summed E-state index contributed by atoms with van der Waals surface area (Å²) in [5.74, 6) is -16.1. The maximum absolute atomic E-state index is 14.3. The third-order valence-corrected chi connectivity index (χ3v) is 14.7. The Balaban J connectivity index is 3.53. The van der Waals surface area contributed by atoms with E-state index in [1.54, 1.807) is 44.2 Å². The molecule has 1 aromatic rings. The molecule has 0 radical (unpaired) electrons. The molecule has 0 aromatic heterocycles. The van der Waals surface area contributed by atoms with E-state index in [0.717, 1.165) is 5.56 Å². The highest BCUT2D eigenvalue weighted by atomic mass is 16.4. The average Bonchev–Trinajstić information content (AvgIpc) is 1.28. The second kappa shape index (κ2) is 43.8. The highest BCUT2D eigenvalue weighted by molar-refractivity contribution is 5.99. The van der Waals surface area contributed by atoms with Crippen molar-refractivity contribution in [1.82, 2.24) is 58.5 Å². The lowest BCUT2D eigenvalue weighted by atomic mass is 10.0. The van der Waals surface area contributed by atoms with Crippen LogP contribution in [0.3, 0.4) is 0 Å². The molecule has 0 fully saturated rings. The Bertz CT molecular complexity index is 2650. The van der Waals surface area contributed by atoms with Crippen LogP contribution in [0, 0.1) is 5.92 Å². The lowest BCUT2D eigenvalue weighted by molar-refractivity contribution is -0.140. The second-order valence-corrected chi connectivity index (χ2v) is 22.8. The van der Waals surface area contributed by atoms with Crippen molar-refractivity contribution >= 4 is 88.9 Å². The zero-order valence-electron chi connectivity index (χ0n) is 53.5. The quantitative estimate of drug-likeness (QED) is 0.0332. The van der Waals surface area contributed by atoms with Crippen LogP contribution < -0.4 is 70.0 Å². The topological polar surface area (TPSA) is 521 Å². The molecule has 0 spiro atoms. The number of primary amides is 1. The first-order chi connectivity index (χ1) is 43.3. The number of carbonyl (C=O) groups excluding carboxylic acids is 11. The number of hydrogen-bond acceptors (Lipinski definition) is 17. The molecule has 0 unspecified atom stereocenters. The van der Waals surface area contributed by atoms with Gasteiger partial charge in [-0.15, -0.1) is 0 Å². The van der Waals surface area contributed by atoms with Gasteiger partial charge in [0.1, 0.15) is 54.4 Å². The molecule has 0 aliphatic carbocycles. The van der Waals surface area contributed by atoms with Crippen LogP contribution >= 0.6 is 0 Å².